The fraction of sp³-hybridized carbons (Fsp3) is 0.500. The topological polar surface area (TPSA) is 64.6 Å². The lowest BCUT2D eigenvalue weighted by atomic mass is 9.77. The van der Waals surface area contributed by atoms with Gasteiger partial charge in [0, 0.05) is 23.8 Å². The minimum absolute atomic E-state index is 0.174. The molecule has 0 atom stereocenters. The number of nitrogens with one attached hydrogen (secondary N) is 1. The number of hydrogen-bond acceptors (Lipinski definition) is 4. The van der Waals surface area contributed by atoms with E-state index in [0.29, 0.717) is 24.4 Å². The highest BCUT2D eigenvalue weighted by atomic mass is 16.6. The van der Waals surface area contributed by atoms with Gasteiger partial charge in [-0.3, -0.25) is 4.79 Å². The van der Waals surface area contributed by atoms with E-state index in [0.717, 1.165) is 16.7 Å². The highest BCUT2D eigenvalue weighted by Gasteiger charge is 2.29. The van der Waals surface area contributed by atoms with Gasteiger partial charge in [-0.15, -0.1) is 0 Å². The Morgan fingerprint density at radius 1 is 1.24 bits per heavy atom. The van der Waals surface area contributed by atoms with Crippen LogP contribution in [0.3, 0.4) is 0 Å². The Kier molecular flexibility index (Phi) is 7.22. The predicted molar refractivity (Wildman–Crippen MR) is 99.0 cm³/mol. The summed E-state index contributed by atoms with van der Waals surface area (Å²) in [6.45, 7) is 13.6. The first-order valence-electron chi connectivity index (χ1n) is 8.41. The van der Waals surface area contributed by atoms with Crippen LogP contribution in [-0.2, 0) is 14.9 Å². The molecule has 0 aliphatic carbocycles. The summed E-state index contributed by atoms with van der Waals surface area (Å²) in [6.07, 6.45) is 0.304. The fourth-order valence-electron chi connectivity index (χ4n) is 2.96. The van der Waals surface area contributed by atoms with Crippen molar-refractivity contribution in [2.75, 3.05) is 13.7 Å². The van der Waals surface area contributed by atoms with Crippen molar-refractivity contribution in [3.8, 4) is 5.75 Å². The van der Waals surface area contributed by atoms with Crippen molar-refractivity contribution in [2.24, 2.45) is 0 Å². The highest BCUT2D eigenvalue weighted by Crippen LogP contribution is 2.38. The lowest BCUT2D eigenvalue weighted by molar-refractivity contribution is -0.119. The third kappa shape index (κ3) is 5.93. The van der Waals surface area contributed by atoms with Gasteiger partial charge in [-0.25, -0.2) is 4.79 Å². The maximum absolute atomic E-state index is 12.1. The van der Waals surface area contributed by atoms with Crippen LogP contribution in [0.25, 0.3) is 0 Å². The zero-order chi connectivity index (χ0) is 19.2. The van der Waals surface area contributed by atoms with Gasteiger partial charge in [-0.05, 0) is 31.0 Å². The molecule has 0 aliphatic rings. The van der Waals surface area contributed by atoms with E-state index in [1.807, 2.05) is 46.8 Å². The molecule has 0 aromatic heterocycles. The molecule has 1 N–H and O–H groups in total. The summed E-state index contributed by atoms with van der Waals surface area (Å²) in [6, 6.07) is 3.86. The average molecular weight is 347 g/mol. The second-order valence-corrected chi connectivity index (χ2v) is 6.89. The monoisotopic (exact) mass is 347 g/mol. The predicted octanol–water partition coefficient (Wildman–Crippen LogP) is 4.20. The molecule has 0 unspecified atom stereocenters. The van der Waals surface area contributed by atoms with Gasteiger partial charge < -0.3 is 14.8 Å². The van der Waals surface area contributed by atoms with Crippen LogP contribution in [0.4, 0.5) is 4.79 Å². The Morgan fingerprint density at radius 2 is 1.88 bits per heavy atom. The number of benzene rings is 1. The van der Waals surface area contributed by atoms with Crippen molar-refractivity contribution >= 4 is 11.9 Å². The molecule has 5 heteroatoms. The van der Waals surface area contributed by atoms with E-state index in [1.165, 1.54) is 7.11 Å². The molecule has 1 aromatic carbocycles. The third-order valence-electron chi connectivity index (χ3n) is 4.08. The van der Waals surface area contributed by atoms with E-state index in [2.05, 4.69) is 11.9 Å². The number of ether oxygens (including phenoxy) is 2. The maximum Gasteiger partial charge on any atom is 0.412 e. The number of amides is 1. The fourth-order valence-corrected chi connectivity index (χ4v) is 2.96. The molecule has 0 heterocycles. The lowest BCUT2D eigenvalue weighted by Crippen LogP contribution is -2.31. The van der Waals surface area contributed by atoms with Crippen molar-refractivity contribution in [1.82, 2.24) is 5.32 Å². The average Bonchev–Trinajstić information content (AvgIpc) is 2.50. The Morgan fingerprint density at radius 3 is 2.44 bits per heavy atom. The number of rotatable bonds is 8. The van der Waals surface area contributed by atoms with Gasteiger partial charge in [0.15, 0.2) is 0 Å². The van der Waals surface area contributed by atoms with Gasteiger partial charge in [-0.1, -0.05) is 33.4 Å². The van der Waals surface area contributed by atoms with Crippen LogP contribution in [0, 0.1) is 13.8 Å². The van der Waals surface area contributed by atoms with Gasteiger partial charge >= 0.3 is 6.09 Å². The SMILES string of the molecule is C=C(CNC(=O)Oc1cc(C)cc(C)c1C(C)(C)CC(=O)CC)OC. The van der Waals surface area contributed by atoms with Gasteiger partial charge in [0.1, 0.15) is 17.3 Å². The molecular weight excluding hydrogens is 318 g/mol. The van der Waals surface area contributed by atoms with Gasteiger partial charge in [0.05, 0.1) is 13.7 Å². The van der Waals surface area contributed by atoms with Crippen molar-refractivity contribution < 1.29 is 19.1 Å². The van der Waals surface area contributed by atoms with E-state index in [9.17, 15) is 9.59 Å². The second-order valence-electron chi connectivity index (χ2n) is 6.89. The van der Waals surface area contributed by atoms with Crippen LogP contribution in [-0.4, -0.2) is 25.5 Å². The van der Waals surface area contributed by atoms with E-state index < -0.39 is 11.5 Å². The summed E-state index contributed by atoms with van der Waals surface area (Å²) in [5.41, 5.74) is 2.43. The molecule has 138 valence electrons. The quantitative estimate of drug-likeness (QED) is 0.716. The van der Waals surface area contributed by atoms with Crippen LogP contribution in [0.5, 0.6) is 5.75 Å². The maximum atomic E-state index is 12.1. The highest BCUT2D eigenvalue weighted by molar-refractivity contribution is 5.80. The summed E-state index contributed by atoms with van der Waals surface area (Å²) >= 11 is 0. The normalized spacial score (nSPS) is 11.0. The molecule has 1 aromatic rings. The van der Waals surface area contributed by atoms with Crippen LogP contribution in [0.2, 0.25) is 0 Å². The number of Topliss-reactive ketones (excluding diaryl/α,β-unsaturated/α-hetero) is 1. The molecular formula is C20H29NO4. The Labute approximate surface area is 150 Å². The number of carbonyl (C=O) groups excluding carboxylic acids is 2. The summed E-state index contributed by atoms with van der Waals surface area (Å²) < 4.78 is 10.5. The van der Waals surface area contributed by atoms with E-state index >= 15 is 0 Å². The van der Waals surface area contributed by atoms with Crippen molar-refractivity contribution in [2.45, 2.75) is 52.9 Å². The number of carbonyl (C=O) groups is 2. The minimum Gasteiger partial charge on any atom is -0.500 e. The molecule has 0 radical (unpaired) electrons. The zero-order valence-electron chi connectivity index (χ0n) is 16.1. The molecule has 0 bridgehead atoms. The molecule has 1 rings (SSSR count). The Balaban J connectivity index is 3.12. The number of methoxy groups -OCH3 is 1. The van der Waals surface area contributed by atoms with E-state index in [4.69, 9.17) is 9.47 Å². The summed E-state index contributed by atoms with van der Waals surface area (Å²) in [5, 5.41) is 2.60. The number of hydrogen-bond donors (Lipinski definition) is 1. The second kappa shape index (κ2) is 8.70. The molecule has 0 saturated carbocycles. The molecule has 0 fully saturated rings. The Hall–Kier alpha value is -2.30. The molecule has 5 nitrogen and oxygen atoms in total. The van der Waals surface area contributed by atoms with Crippen molar-refractivity contribution in [3.05, 3.63) is 41.2 Å². The van der Waals surface area contributed by atoms with Gasteiger partial charge in [-0.2, -0.15) is 0 Å². The molecule has 0 saturated heterocycles. The van der Waals surface area contributed by atoms with E-state index in [1.54, 1.807) is 0 Å². The van der Waals surface area contributed by atoms with E-state index in [-0.39, 0.29) is 12.3 Å². The van der Waals surface area contributed by atoms with Crippen LogP contribution < -0.4 is 10.1 Å². The van der Waals surface area contributed by atoms with Crippen LogP contribution in [0.15, 0.2) is 24.5 Å². The summed E-state index contributed by atoms with van der Waals surface area (Å²) in [5.74, 6) is 1.09. The summed E-state index contributed by atoms with van der Waals surface area (Å²) in [7, 11) is 1.49. The molecule has 0 spiro atoms. The number of ketones is 1. The first-order valence-corrected chi connectivity index (χ1v) is 8.41. The zero-order valence-corrected chi connectivity index (χ0v) is 16.1. The number of aryl methyl sites for hydroxylation is 2. The van der Waals surface area contributed by atoms with Crippen LogP contribution in [0.1, 0.15) is 50.3 Å². The standard InChI is InChI=1S/C20H29NO4/c1-8-16(22)11-20(5,6)18-14(3)9-13(2)10-17(18)25-19(23)21-12-15(4)24-7/h9-10H,4,8,11-12H2,1-3,5-7H3,(H,21,23). The first kappa shape index (κ1) is 20.7. The van der Waals surface area contributed by atoms with Gasteiger partial charge in [0.2, 0.25) is 0 Å². The molecule has 25 heavy (non-hydrogen) atoms. The van der Waals surface area contributed by atoms with Crippen molar-refractivity contribution in [3.63, 3.8) is 0 Å². The molecule has 0 aliphatic heterocycles. The lowest BCUT2D eigenvalue weighted by Gasteiger charge is -2.29. The Bertz CT molecular complexity index is 662. The third-order valence-corrected chi connectivity index (χ3v) is 4.08. The van der Waals surface area contributed by atoms with Crippen molar-refractivity contribution in [1.29, 1.82) is 0 Å². The minimum atomic E-state index is -0.581. The largest absolute Gasteiger partial charge is 0.500 e. The van der Waals surface area contributed by atoms with Gasteiger partial charge in [0.25, 0.3) is 0 Å². The summed E-state index contributed by atoms with van der Waals surface area (Å²) in [4.78, 5) is 24.1. The van der Waals surface area contributed by atoms with Crippen LogP contribution >= 0.6 is 0 Å². The first-order chi connectivity index (χ1) is 11.6. The smallest absolute Gasteiger partial charge is 0.412 e. The molecule has 1 amide bonds.